The number of esters is 1. The van der Waals surface area contributed by atoms with Gasteiger partial charge in [0.15, 0.2) is 0 Å². The first kappa shape index (κ1) is 25.8. The van der Waals surface area contributed by atoms with Crippen LogP contribution in [0, 0.1) is 5.92 Å². The third kappa shape index (κ3) is 7.35. The van der Waals surface area contributed by atoms with Crippen LogP contribution in [-0.2, 0) is 9.53 Å². The van der Waals surface area contributed by atoms with Crippen LogP contribution in [0.15, 0.2) is 47.0 Å². The molecule has 1 amide bonds. The minimum atomic E-state index is -2.92. The number of carbonyl (C=O) groups excluding carboxylic acids is 2. The van der Waals surface area contributed by atoms with Gasteiger partial charge in [-0.15, -0.1) is 5.10 Å². The summed E-state index contributed by atoms with van der Waals surface area (Å²) in [4.78, 5) is 28.5. The first-order chi connectivity index (χ1) is 17.9. The molecule has 1 aliphatic carbocycles. The number of hydrogen-bond donors (Lipinski definition) is 2. The summed E-state index contributed by atoms with van der Waals surface area (Å²) in [7, 11) is 0. The Bertz CT molecular complexity index is 1180. The number of hydrogen-bond acceptors (Lipinski definition) is 10. The van der Waals surface area contributed by atoms with Crippen LogP contribution < -0.4 is 20.1 Å². The van der Waals surface area contributed by atoms with Crippen LogP contribution in [-0.4, -0.2) is 46.4 Å². The monoisotopic (exact) mass is 517 g/mol. The van der Waals surface area contributed by atoms with E-state index in [-0.39, 0.29) is 35.6 Å². The molecule has 196 valence electrons. The van der Waals surface area contributed by atoms with Gasteiger partial charge in [0.2, 0.25) is 5.88 Å². The van der Waals surface area contributed by atoms with Crippen molar-refractivity contribution in [2.45, 2.75) is 45.3 Å². The first-order valence-electron chi connectivity index (χ1n) is 11.7. The highest BCUT2D eigenvalue weighted by Gasteiger charge is 2.28. The van der Waals surface area contributed by atoms with Gasteiger partial charge in [-0.3, -0.25) is 9.59 Å². The summed E-state index contributed by atoms with van der Waals surface area (Å²) in [5.74, 6) is -0.768. The molecule has 0 spiro atoms. The summed E-state index contributed by atoms with van der Waals surface area (Å²) in [6.45, 7) is -0.745. The van der Waals surface area contributed by atoms with E-state index in [1.807, 2.05) is 0 Å². The number of aromatic nitrogens is 3. The van der Waals surface area contributed by atoms with Gasteiger partial charge in [-0.25, -0.2) is 4.98 Å². The lowest BCUT2D eigenvalue weighted by molar-refractivity contribution is -0.149. The Balaban J connectivity index is 1.25. The zero-order chi connectivity index (χ0) is 26.2. The van der Waals surface area contributed by atoms with Crippen LogP contribution >= 0.6 is 0 Å². The normalized spacial score (nSPS) is 17.2. The van der Waals surface area contributed by atoms with Gasteiger partial charge in [0, 0.05) is 11.8 Å². The van der Waals surface area contributed by atoms with E-state index in [1.54, 1.807) is 19.1 Å². The third-order valence-electron chi connectivity index (χ3n) is 5.53. The number of nitrogens with one attached hydrogen (secondary N) is 2. The Morgan fingerprint density at radius 3 is 2.43 bits per heavy atom. The fourth-order valence-corrected chi connectivity index (χ4v) is 3.76. The van der Waals surface area contributed by atoms with E-state index in [0.29, 0.717) is 36.7 Å². The molecule has 0 aliphatic heterocycles. The Morgan fingerprint density at radius 2 is 1.78 bits per heavy atom. The number of anilines is 3. The number of alkyl halides is 2. The Kier molecular flexibility index (Phi) is 8.44. The fourth-order valence-electron chi connectivity index (χ4n) is 3.76. The molecule has 2 heterocycles. The van der Waals surface area contributed by atoms with E-state index in [4.69, 9.17) is 13.9 Å². The highest BCUT2D eigenvalue weighted by atomic mass is 19.3. The minimum Gasteiger partial charge on any atom is -0.474 e. The maximum atomic E-state index is 12.4. The number of rotatable bonds is 10. The SMILES string of the molecule is CCOC(=O)C1CCC(Oc2ccc(NC(=O)c3nnc(Nc4ccc(OC(F)F)cc4)o3)cn2)CC1. The van der Waals surface area contributed by atoms with Gasteiger partial charge >= 0.3 is 30.4 Å². The molecule has 1 saturated carbocycles. The van der Waals surface area contributed by atoms with Gasteiger partial charge in [0.05, 0.1) is 24.4 Å². The predicted molar refractivity (Wildman–Crippen MR) is 126 cm³/mol. The number of halogens is 2. The van der Waals surface area contributed by atoms with E-state index >= 15 is 0 Å². The lowest BCUT2D eigenvalue weighted by Crippen LogP contribution is -2.29. The topological polar surface area (TPSA) is 138 Å². The second-order valence-electron chi connectivity index (χ2n) is 8.12. The van der Waals surface area contributed by atoms with Crippen LogP contribution in [0.25, 0.3) is 0 Å². The molecule has 37 heavy (non-hydrogen) atoms. The Hall–Kier alpha value is -4.29. The van der Waals surface area contributed by atoms with Crippen molar-refractivity contribution in [1.29, 1.82) is 0 Å². The van der Waals surface area contributed by atoms with E-state index in [2.05, 4.69) is 30.6 Å². The summed E-state index contributed by atoms with van der Waals surface area (Å²) in [5.41, 5.74) is 0.858. The lowest BCUT2D eigenvalue weighted by Gasteiger charge is -2.27. The van der Waals surface area contributed by atoms with Gasteiger partial charge in [0.25, 0.3) is 0 Å². The summed E-state index contributed by atoms with van der Waals surface area (Å²) < 4.78 is 45.1. The number of pyridine rings is 1. The van der Waals surface area contributed by atoms with Gasteiger partial charge in [0.1, 0.15) is 11.9 Å². The maximum absolute atomic E-state index is 12.4. The van der Waals surface area contributed by atoms with Crippen molar-refractivity contribution in [1.82, 2.24) is 15.2 Å². The van der Waals surface area contributed by atoms with Crippen molar-refractivity contribution in [2.75, 3.05) is 17.2 Å². The molecule has 0 radical (unpaired) electrons. The summed E-state index contributed by atoms with van der Waals surface area (Å²) in [6, 6.07) is 8.83. The summed E-state index contributed by atoms with van der Waals surface area (Å²) in [5, 5.41) is 12.8. The van der Waals surface area contributed by atoms with Crippen molar-refractivity contribution in [3.8, 4) is 11.6 Å². The van der Waals surface area contributed by atoms with E-state index < -0.39 is 12.5 Å². The highest BCUT2D eigenvalue weighted by Crippen LogP contribution is 2.28. The van der Waals surface area contributed by atoms with Crippen LogP contribution in [0.3, 0.4) is 0 Å². The molecular weight excluding hydrogens is 492 g/mol. The van der Waals surface area contributed by atoms with Crippen LogP contribution in [0.4, 0.5) is 26.2 Å². The Morgan fingerprint density at radius 1 is 1.05 bits per heavy atom. The molecule has 0 saturated heterocycles. The van der Waals surface area contributed by atoms with Gasteiger partial charge in [-0.05, 0) is 62.9 Å². The molecule has 3 aromatic rings. The summed E-state index contributed by atoms with van der Waals surface area (Å²) >= 11 is 0. The number of amides is 1. The van der Waals surface area contributed by atoms with Gasteiger partial charge in [-0.1, -0.05) is 5.10 Å². The second-order valence-corrected chi connectivity index (χ2v) is 8.12. The minimum absolute atomic E-state index is 0.00226. The fraction of sp³-hybridized carbons (Fsp3) is 0.375. The molecule has 4 rings (SSSR count). The van der Waals surface area contributed by atoms with Crippen molar-refractivity contribution >= 4 is 29.3 Å². The quantitative estimate of drug-likeness (QED) is 0.368. The van der Waals surface area contributed by atoms with Crippen LogP contribution in [0.5, 0.6) is 11.6 Å². The van der Waals surface area contributed by atoms with E-state index in [0.717, 1.165) is 12.8 Å². The average molecular weight is 517 g/mol. The molecule has 1 fully saturated rings. The number of benzene rings is 1. The van der Waals surface area contributed by atoms with Crippen LogP contribution in [0.2, 0.25) is 0 Å². The first-order valence-corrected chi connectivity index (χ1v) is 11.7. The molecule has 2 N–H and O–H groups in total. The largest absolute Gasteiger partial charge is 0.474 e. The molecule has 0 bridgehead atoms. The third-order valence-corrected chi connectivity index (χ3v) is 5.53. The maximum Gasteiger partial charge on any atom is 0.387 e. The van der Waals surface area contributed by atoms with Crippen molar-refractivity contribution in [3.05, 3.63) is 48.5 Å². The molecule has 1 aliphatic rings. The smallest absolute Gasteiger partial charge is 0.387 e. The number of ether oxygens (including phenoxy) is 3. The van der Waals surface area contributed by atoms with Crippen molar-refractivity contribution < 1.29 is 37.0 Å². The molecule has 0 unspecified atom stereocenters. The molecule has 2 aromatic heterocycles. The Labute approximate surface area is 210 Å². The number of nitrogens with zero attached hydrogens (tertiary/aromatic N) is 3. The molecule has 11 nitrogen and oxygen atoms in total. The lowest BCUT2D eigenvalue weighted by atomic mass is 9.87. The molecule has 13 heteroatoms. The second kappa shape index (κ2) is 12.1. The van der Waals surface area contributed by atoms with Crippen molar-refractivity contribution in [2.24, 2.45) is 5.92 Å². The average Bonchev–Trinajstić information content (AvgIpc) is 3.35. The highest BCUT2D eigenvalue weighted by molar-refractivity contribution is 6.00. The zero-order valence-corrected chi connectivity index (χ0v) is 19.9. The summed E-state index contributed by atoms with van der Waals surface area (Å²) in [6.07, 6.45) is 4.26. The van der Waals surface area contributed by atoms with E-state index in [1.165, 1.54) is 30.5 Å². The van der Waals surface area contributed by atoms with E-state index in [9.17, 15) is 18.4 Å². The predicted octanol–water partition coefficient (Wildman–Crippen LogP) is 4.56. The number of carbonyl (C=O) groups is 2. The van der Waals surface area contributed by atoms with Gasteiger partial charge < -0.3 is 29.3 Å². The molecular formula is C24H25F2N5O6. The standard InChI is InChI=1S/C24H25F2N5O6/c1-2-34-22(33)14-3-8-17(9-4-14)35-19-12-7-16(13-27-19)28-20(32)21-30-31-24(37-21)29-15-5-10-18(11-6-15)36-23(25)26/h5-7,10-14,17,23H,2-4,8-9H2,1H3,(H,28,32)(H,29,31). The molecule has 1 aromatic carbocycles. The van der Waals surface area contributed by atoms with Gasteiger partial charge in [-0.2, -0.15) is 8.78 Å². The molecule has 0 atom stereocenters. The zero-order valence-electron chi connectivity index (χ0n) is 19.9. The van der Waals surface area contributed by atoms with Crippen molar-refractivity contribution in [3.63, 3.8) is 0 Å². The van der Waals surface area contributed by atoms with Crippen LogP contribution in [0.1, 0.15) is 43.3 Å².